The van der Waals surface area contributed by atoms with E-state index in [0.717, 1.165) is 35.3 Å². The molecule has 0 heterocycles. The van der Waals surface area contributed by atoms with Crippen LogP contribution in [-0.4, -0.2) is 30.6 Å². The Labute approximate surface area is 138 Å². The molecule has 0 unspecified atom stereocenters. The highest BCUT2D eigenvalue weighted by molar-refractivity contribution is 9.10. The molecule has 118 valence electrons. The Morgan fingerprint density at radius 3 is 2.43 bits per heavy atom. The van der Waals surface area contributed by atoms with Crippen molar-refractivity contribution in [2.45, 2.75) is 52.0 Å². The monoisotopic (exact) mass is 353 g/mol. The van der Waals surface area contributed by atoms with Crippen LogP contribution in [0.3, 0.4) is 0 Å². The number of rotatable bonds is 8. The van der Waals surface area contributed by atoms with E-state index in [1.807, 2.05) is 24.3 Å². The van der Waals surface area contributed by atoms with Crippen molar-refractivity contribution in [2.75, 3.05) is 19.7 Å². The predicted octanol–water partition coefficient (Wildman–Crippen LogP) is 5.12. The lowest BCUT2D eigenvalue weighted by Gasteiger charge is -2.29. The summed E-state index contributed by atoms with van der Waals surface area (Å²) in [6.07, 6.45) is 6.83. The second-order valence-corrected chi connectivity index (χ2v) is 7.37. The van der Waals surface area contributed by atoms with Crippen molar-refractivity contribution < 1.29 is 4.74 Å². The van der Waals surface area contributed by atoms with E-state index in [1.165, 1.54) is 38.6 Å². The smallest absolute Gasteiger partial charge is 0.119 e. The summed E-state index contributed by atoms with van der Waals surface area (Å²) in [5.41, 5.74) is 0. The zero-order valence-corrected chi connectivity index (χ0v) is 14.9. The predicted molar refractivity (Wildman–Crippen MR) is 92.9 cm³/mol. The van der Waals surface area contributed by atoms with E-state index in [9.17, 15) is 0 Å². The molecular weight excluding hydrogens is 326 g/mol. The van der Waals surface area contributed by atoms with Crippen LogP contribution in [0.1, 0.15) is 46.0 Å². The first-order valence-electron chi connectivity index (χ1n) is 8.27. The molecule has 1 saturated carbocycles. The summed E-state index contributed by atoms with van der Waals surface area (Å²) in [5.74, 6) is 1.75. The molecule has 2 rings (SSSR count). The molecule has 0 saturated heterocycles. The van der Waals surface area contributed by atoms with Crippen LogP contribution in [0.5, 0.6) is 5.75 Å². The molecule has 1 aliphatic rings. The van der Waals surface area contributed by atoms with E-state index in [2.05, 4.69) is 34.7 Å². The van der Waals surface area contributed by atoms with E-state index in [4.69, 9.17) is 4.74 Å². The maximum atomic E-state index is 5.90. The number of hydrogen-bond acceptors (Lipinski definition) is 2. The molecule has 0 aromatic heterocycles. The fourth-order valence-electron chi connectivity index (χ4n) is 2.98. The van der Waals surface area contributed by atoms with Gasteiger partial charge in [-0.2, -0.15) is 0 Å². The second-order valence-electron chi connectivity index (χ2n) is 6.46. The Balaban J connectivity index is 1.78. The van der Waals surface area contributed by atoms with Gasteiger partial charge >= 0.3 is 0 Å². The first-order chi connectivity index (χ1) is 10.1. The van der Waals surface area contributed by atoms with Gasteiger partial charge in [0.05, 0.1) is 0 Å². The van der Waals surface area contributed by atoms with Crippen LogP contribution in [0.25, 0.3) is 0 Å². The van der Waals surface area contributed by atoms with Crippen LogP contribution in [0.2, 0.25) is 0 Å². The molecule has 0 spiro atoms. The summed E-state index contributed by atoms with van der Waals surface area (Å²) < 4.78 is 6.99. The molecule has 0 radical (unpaired) electrons. The minimum Gasteiger partial charge on any atom is -0.492 e. The van der Waals surface area contributed by atoms with Crippen molar-refractivity contribution >= 4 is 15.9 Å². The SMILES string of the molecule is CC(C)CCN(CCOc1ccc(Br)cc1)C1CCCC1. The molecule has 21 heavy (non-hydrogen) atoms. The molecule has 0 aliphatic heterocycles. The highest BCUT2D eigenvalue weighted by Gasteiger charge is 2.22. The van der Waals surface area contributed by atoms with Gasteiger partial charge in [-0.25, -0.2) is 0 Å². The Morgan fingerprint density at radius 1 is 1.14 bits per heavy atom. The Kier molecular flexibility index (Phi) is 7.05. The zero-order valence-electron chi connectivity index (χ0n) is 13.4. The van der Waals surface area contributed by atoms with Gasteiger partial charge in [0.15, 0.2) is 0 Å². The molecule has 1 aromatic rings. The zero-order chi connectivity index (χ0) is 15.1. The van der Waals surface area contributed by atoms with Crippen LogP contribution in [0.15, 0.2) is 28.7 Å². The lowest BCUT2D eigenvalue weighted by molar-refractivity contribution is 0.153. The van der Waals surface area contributed by atoms with Gasteiger partial charge in [0.25, 0.3) is 0 Å². The fraction of sp³-hybridized carbons (Fsp3) is 0.667. The van der Waals surface area contributed by atoms with E-state index >= 15 is 0 Å². The molecule has 1 fully saturated rings. The number of benzene rings is 1. The first-order valence-corrected chi connectivity index (χ1v) is 9.07. The van der Waals surface area contributed by atoms with E-state index in [1.54, 1.807) is 0 Å². The largest absolute Gasteiger partial charge is 0.492 e. The van der Waals surface area contributed by atoms with Crippen LogP contribution in [0.4, 0.5) is 0 Å². The van der Waals surface area contributed by atoms with Crippen molar-refractivity contribution in [1.82, 2.24) is 4.90 Å². The fourth-order valence-corrected chi connectivity index (χ4v) is 3.25. The Hall–Kier alpha value is -0.540. The molecule has 0 N–H and O–H groups in total. The highest BCUT2D eigenvalue weighted by atomic mass is 79.9. The lowest BCUT2D eigenvalue weighted by Crippen LogP contribution is -2.37. The minimum atomic E-state index is 0.779. The molecule has 0 amide bonds. The second kappa shape index (κ2) is 8.79. The van der Waals surface area contributed by atoms with Crippen molar-refractivity contribution in [2.24, 2.45) is 5.92 Å². The summed E-state index contributed by atoms with van der Waals surface area (Å²) in [6, 6.07) is 8.90. The maximum absolute atomic E-state index is 5.90. The Morgan fingerprint density at radius 2 is 1.81 bits per heavy atom. The van der Waals surface area contributed by atoms with E-state index < -0.39 is 0 Å². The number of ether oxygens (including phenoxy) is 1. The summed E-state index contributed by atoms with van der Waals surface area (Å²) >= 11 is 3.45. The van der Waals surface area contributed by atoms with Gasteiger partial charge < -0.3 is 4.74 Å². The molecule has 0 bridgehead atoms. The van der Waals surface area contributed by atoms with Gasteiger partial charge in [0.1, 0.15) is 12.4 Å². The van der Waals surface area contributed by atoms with Crippen LogP contribution in [0, 0.1) is 5.92 Å². The topological polar surface area (TPSA) is 12.5 Å². The highest BCUT2D eigenvalue weighted by Crippen LogP contribution is 2.24. The van der Waals surface area contributed by atoms with Crippen LogP contribution < -0.4 is 4.74 Å². The third kappa shape index (κ3) is 5.99. The molecular formula is C18H28BrNO. The normalized spacial score (nSPS) is 16.0. The third-order valence-electron chi connectivity index (χ3n) is 4.30. The average molecular weight is 354 g/mol. The quantitative estimate of drug-likeness (QED) is 0.643. The number of hydrogen-bond donors (Lipinski definition) is 0. The standard InChI is InChI=1S/C18H28BrNO/c1-15(2)11-12-20(17-5-3-4-6-17)13-14-21-18-9-7-16(19)8-10-18/h7-10,15,17H,3-6,11-14H2,1-2H3. The third-order valence-corrected chi connectivity index (χ3v) is 4.82. The van der Waals surface area contributed by atoms with Gasteiger partial charge in [0.2, 0.25) is 0 Å². The summed E-state index contributed by atoms with van der Waals surface area (Å²) in [5, 5.41) is 0. The van der Waals surface area contributed by atoms with Crippen molar-refractivity contribution in [3.05, 3.63) is 28.7 Å². The first kappa shape index (κ1) is 16.8. The van der Waals surface area contributed by atoms with Gasteiger partial charge in [-0.3, -0.25) is 4.90 Å². The summed E-state index contributed by atoms with van der Waals surface area (Å²) in [7, 11) is 0. The lowest BCUT2D eigenvalue weighted by atomic mass is 10.1. The van der Waals surface area contributed by atoms with E-state index in [-0.39, 0.29) is 0 Å². The van der Waals surface area contributed by atoms with Gasteiger partial charge in [-0.05, 0) is 56.0 Å². The molecule has 2 nitrogen and oxygen atoms in total. The van der Waals surface area contributed by atoms with E-state index in [0.29, 0.717) is 0 Å². The number of halogens is 1. The molecule has 1 aromatic carbocycles. The van der Waals surface area contributed by atoms with Crippen molar-refractivity contribution in [1.29, 1.82) is 0 Å². The van der Waals surface area contributed by atoms with Gasteiger partial charge in [-0.1, -0.05) is 42.6 Å². The van der Waals surface area contributed by atoms with Gasteiger partial charge in [-0.15, -0.1) is 0 Å². The summed E-state index contributed by atoms with van der Waals surface area (Å²) in [6.45, 7) is 7.67. The van der Waals surface area contributed by atoms with Crippen LogP contribution in [-0.2, 0) is 0 Å². The Bertz CT molecular complexity index is 398. The van der Waals surface area contributed by atoms with Crippen LogP contribution >= 0.6 is 15.9 Å². The number of nitrogens with zero attached hydrogens (tertiary/aromatic N) is 1. The van der Waals surface area contributed by atoms with Crippen molar-refractivity contribution in [3.8, 4) is 5.75 Å². The van der Waals surface area contributed by atoms with Gasteiger partial charge in [0, 0.05) is 17.1 Å². The average Bonchev–Trinajstić information content (AvgIpc) is 2.98. The molecule has 0 atom stereocenters. The molecule has 1 aliphatic carbocycles. The van der Waals surface area contributed by atoms with Crippen molar-refractivity contribution in [3.63, 3.8) is 0 Å². The minimum absolute atomic E-state index is 0.779. The maximum Gasteiger partial charge on any atom is 0.119 e. The molecule has 3 heteroatoms. The summed E-state index contributed by atoms with van der Waals surface area (Å²) in [4.78, 5) is 2.66.